The smallest absolute Gasteiger partial charge is 0.340 e. The molecule has 0 radical (unpaired) electrons. The molecule has 11 nitrogen and oxygen atoms in total. The van der Waals surface area contributed by atoms with Gasteiger partial charge in [0.05, 0.1) is 24.1 Å². The number of hydrogen-bond donors (Lipinski definition) is 1. The fourth-order valence-corrected chi connectivity index (χ4v) is 3.94. The number of rotatable bonds is 6. The van der Waals surface area contributed by atoms with Crippen molar-refractivity contribution in [3.63, 3.8) is 0 Å². The van der Waals surface area contributed by atoms with Crippen LogP contribution < -0.4 is 5.32 Å². The van der Waals surface area contributed by atoms with Crippen LogP contribution in [0.2, 0.25) is 0 Å². The molecule has 0 aromatic carbocycles. The first-order valence-corrected chi connectivity index (χ1v) is 9.59. The molecule has 3 heterocycles. The summed E-state index contributed by atoms with van der Waals surface area (Å²) < 4.78 is 11.4. The van der Waals surface area contributed by atoms with Gasteiger partial charge >= 0.3 is 11.7 Å². The Bertz CT molecular complexity index is 1160. The molecular weight excluding hydrogens is 414 g/mol. The first kappa shape index (κ1) is 21.2. The van der Waals surface area contributed by atoms with Crippen molar-refractivity contribution in [3.8, 4) is 0 Å². The van der Waals surface area contributed by atoms with Crippen LogP contribution in [0.15, 0.2) is 10.6 Å². The van der Waals surface area contributed by atoms with E-state index in [1.807, 2.05) is 0 Å². The second-order valence-electron chi connectivity index (χ2n) is 6.55. The van der Waals surface area contributed by atoms with Crippen LogP contribution in [0.3, 0.4) is 0 Å². The van der Waals surface area contributed by atoms with Crippen molar-refractivity contribution in [3.05, 3.63) is 55.0 Å². The molecule has 0 bridgehead atoms. The molecule has 0 aliphatic carbocycles. The Kier molecular flexibility index (Phi) is 5.69. The van der Waals surface area contributed by atoms with Gasteiger partial charge < -0.3 is 14.6 Å². The maximum Gasteiger partial charge on any atom is 0.340 e. The van der Waals surface area contributed by atoms with Crippen LogP contribution in [0, 0.1) is 37.8 Å². The SMILES string of the molecule is COC(=O)c1cc(C)sc1NC(=O)c1noc(C)c1Cn1nc(C)c([N+](=O)[O-])c1C. The average molecular weight is 433 g/mol. The van der Waals surface area contributed by atoms with Gasteiger partial charge in [-0.2, -0.15) is 5.10 Å². The number of nitrogens with zero attached hydrogens (tertiary/aromatic N) is 4. The zero-order chi connectivity index (χ0) is 22.2. The van der Waals surface area contributed by atoms with E-state index in [0.717, 1.165) is 4.88 Å². The van der Waals surface area contributed by atoms with Gasteiger partial charge in [-0.1, -0.05) is 5.16 Å². The quantitative estimate of drug-likeness (QED) is 0.355. The number of nitrogens with one attached hydrogen (secondary N) is 1. The van der Waals surface area contributed by atoms with Crippen molar-refractivity contribution >= 4 is 33.9 Å². The van der Waals surface area contributed by atoms with E-state index in [1.165, 1.54) is 23.1 Å². The summed E-state index contributed by atoms with van der Waals surface area (Å²) in [6.07, 6.45) is 0. The predicted octanol–water partition coefficient (Wildman–Crippen LogP) is 3.16. The second-order valence-corrected chi connectivity index (χ2v) is 7.80. The minimum Gasteiger partial charge on any atom is -0.465 e. The van der Waals surface area contributed by atoms with Gasteiger partial charge in [0.25, 0.3) is 5.91 Å². The molecule has 1 amide bonds. The highest BCUT2D eigenvalue weighted by atomic mass is 32.1. The van der Waals surface area contributed by atoms with Crippen LogP contribution in [-0.2, 0) is 11.3 Å². The van der Waals surface area contributed by atoms with E-state index >= 15 is 0 Å². The van der Waals surface area contributed by atoms with Crippen molar-refractivity contribution in [2.75, 3.05) is 12.4 Å². The van der Waals surface area contributed by atoms with Gasteiger partial charge in [-0.3, -0.25) is 19.6 Å². The van der Waals surface area contributed by atoms with Crippen molar-refractivity contribution in [2.45, 2.75) is 34.2 Å². The van der Waals surface area contributed by atoms with Crippen molar-refractivity contribution in [1.82, 2.24) is 14.9 Å². The molecule has 1 N–H and O–H groups in total. The van der Waals surface area contributed by atoms with Crippen LogP contribution in [0.25, 0.3) is 0 Å². The van der Waals surface area contributed by atoms with Crippen LogP contribution >= 0.6 is 11.3 Å². The lowest BCUT2D eigenvalue weighted by Crippen LogP contribution is -2.17. The average Bonchev–Trinajstić information content (AvgIpc) is 3.31. The molecule has 3 rings (SSSR count). The molecule has 0 atom stereocenters. The molecule has 30 heavy (non-hydrogen) atoms. The van der Waals surface area contributed by atoms with E-state index in [2.05, 4.69) is 15.6 Å². The van der Waals surface area contributed by atoms with Crippen molar-refractivity contribution in [1.29, 1.82) is 0 Å². The Morgan fingerprint density at radius 2 is 2.03 bits per heavy atom. The van der Waals surface area contributed by atoms with Gasteiger partial charge in [0.1, 0.15) is 22.1 Å². The third-order valence-electron chi connectivity index (χ3n) is 4.52. The lowest BCUT2D eigenvalue weighted by molar-refractivity contribution is -0.386. The fraction of sp³-hybridized carbons (Fsp3) is 0.333. The van der Waals surface area contributed by atoms with Gasteiger partial charge in [-0.05, 0) is 33.8 Å². The lowest BCUT2D eigenvalue weighted by Gasteiger charge is -2.06. The number of aromatic nitrogens is 3. The molecule has 0 saturated heterocycles. The highest BCUT2D eigenvalue weighted by Gasteiger charge is 2.27. The number of methoxy groups -OCH3 is 1. The molecule has 0 aliphatic heterocycles. The molecule has 0 fully saturated rings. The predicted molar refractivity (Wildman–Crippen MR) is 107 cm³/mol. The Hall–Kier alpha value is -3.54. The number of amides is 1. The van der Waals surface area contributed by atoms with E-state index in [9.17, 15) is 19.7 Å². The summed E-state index contributed by atoms with van der Waals surface area (Å²) in [4.78, 5) is 36.4. The minimum atomic E-state index is -0.579. The summed E-state index contributed by atoms with van der Waals surface area (Å²) in [6, 6.07) is 1.62. The molecule has 158 valence electrons. The van der Waals surface area contributed by atoms with E-state index in [1.54, 1.807) is 33.8 Å². The van der Waals surface area contributed by atoms with Gasteiger partial charge in [0.2, 0.25) is 0 Å². The number of ether oxygens (including phenoxy) is 1. The summed E-state index contributed by atoms with van der Waals surface area (Å²) in [5.41, 5.74) is 1.22. The van der Waals surface area contributed by atoms with Crippen molar-refractivity contribution in [2.24, 2.45) is 0 Å². The summed E-state index contributed by atoms with van der Waals surface area (Å²) >= 11 is 1.22. The zero-order valence-corrected chi connectivity index (χ0v) is 17.7. The van der Waals surface area contributed by atoms with Crippen LogP contribution in [0.5, 0.6) is 0 Å². The van der Waals surface area contributed by atoms with Crippen LogP contribution in [-0.4, -0.2) is 38.8 Å². The number of aryl methyl sites for hydroxylation is 3. The maximum atomic E-state index is 12.9. The van der Waals surface area contributed by atoms with Gasteiger partial charge in [-0.25, -0.2) is 4.79 Å². The monoisotopic (exact) mass is 433 g/mol. The largest absolute Gasteiger partial charge is 0.465 e. The third kappa shape index (κ3) is 3.81. The lowest BCUT2D eigenvalue weighted by atomic mass is 10.1. The van der Waals surface area contributed by atoms with Crippen LogP contribution in [0.4, 0.5) is 10.7 Å². The second kappa shape index (κ2) is 8.06. The molecule has 0 aliphatic rings. The first-order chi connectivity index (χ1) is 14.1. The molecule has 0 unspecified atom stereocenters. The normalized spacial score (nSPS) is 10.8. The van der Waals surface area contributed by atoms with Gasteiger partial charge in [0.15, 0.2) is 5.69 Å². The van der Waals surface area contributed by atoms with Crippen LogP contribution in [0.1, 0.15) is 48.4 Å². The molecule has 0 saturated carbocycles. The fourth-order valence-electron chi connectivity index (χ4n) is 3.04. The summed E-state index contributed by atoms with van der Waals surface area (Å²) in [7, 11) is 1.26. The topological polar surface area (TPSA) is 142 Å². The first-order valence-electron chi connectivity index (χ1n) is 8.77. The number of carbonyl (C=O) groups excluding carboxylic acids is 2. The standard InChI is InChI=1S/C18H19N5O6S/c1-8-6-12(18(25)28-5)17(30-8)19-16(24)14-13(11(4)29-21-14)7-22-10(3)15(23(26)27)9(2)20-22/h6H,7H2,1-5H3,(H,19,24). The Morgan fingerprint density at radius 3 is 2.63 bits per heavy atom. The minimum absolute atomic E-state index is 0.00424. The highest BCUT2D eigenvalue weighted by molar-refractivity contribution is 7.16. The summed E-state index contributed by atoms with van der Waals surface area (Å²) in [6.45, 7) is 6.62. The molecule has 3 aromatic rings. The Morgan fingerprint density at radius 1 is 1.33 bits per heavy atom. The number of hydrogen-bond acceptors (Lipinski definition) is 9. The van der Waals surface area contributed by atoms with E-state index in [0.29, 0.717) is 22.0 Å². The third-order valence-corrected chi connectivity index (χ3v) is 5.49. The summed E-state index contributed by atoms with van der Waals surface area (Å²) in [5.74, 6) is -0.767. The van der Waals surface area contributed by atoms with Gasteiger partial charge in [0, 0.05) is 10.4 Å². The Labute approximate surface area is 174 Å². The van der Waals surface area contributed by atoms with E-state index in [4.69, 9.17) is 9.26 Å². The number of thiophene rings is 1. The Balaban J connectivity index is 1.92. The number of esters is 1. The number of nitro groups is 1. The highest BCUT2D eigenvalue weighted by Crippen LogP contribution is 2.29. The summed E-state index contributed by atoms with van der Waals surface area (Å²) in [5, 5.41) is 22.3. The molecule has 12 heteroatoms. The number of anilines is 1. The van der Waals surface area contributed by atoms with Crippen molar-refractivity contribution < 1.29 is 23.8 Å². The molecule has 0 spiro atoms. The van der Waals surface area contributed by atoms with E-state index in [-0.39, 0.29) is 29.2 Å². The molecule has 3 aromatic heterocycles. The zero-order valence-electron chi connectivity index (χ0n) is 16.9. The van der Waals surface area contributed by atoms with Gasteiger partial charge in [-0.15, -0.1) is 11.3 Å². The maximum absolute atomic E-state index is 12.9. The van der Waals surface area contributed by atoms with E-state index < -0.39 is 16.8 Å². The molecular formula is C18H19N5O6S. The number of carbonyl (C=O) groups is 2.